The molecule has 158 valence electrons. The molecule has 2 aromatic carbocycles. The van der Waals surface area contributed by atoms with Crippen LogP contribution in [-0.2, 0) is 9.59 Å². The van der Waals surface area contributed by atoms with Crippen LogP contribution in [0.25, 0.3) is 0 Å². The molecule has 2 amide bonds. The lowest BCUT2D eigenvalue weighted by molar-refractivity contribution is -0.128. The van der Waals surface area contributed by atoms with Gasteiger partial charge in [-0.05, 0) is 50.2 Å². The number of anilines is 1. The number of ether oxygens (including phenoxy) is 2. The number of nitrogens with one attached hydrogen (secondary N) is 1. The molecule has 7 nitrogen and oxygen atoms in total. The first-order chi connectivity index (χ1) is 14.5. The average Bonchev–Trinajstić information content (AvgIpc) is 3.03. The summed E-state index contributed by atoms with van der Waals surface area (Å²) in [6.45, 7) is 4.84. The van der Waals surface area contributed by atoms with E-state index in [1.165, 1.54) is 11.8 Å². The number of nitrogens with zero attached hydrogens (tertiary/aromatic N) is 2. The molecule has 2 aromatic rings. The lowest BCUT2D eigenvalue weighted by atomic mass is 10.2. The molecule has 0 aromatic heterocycles. The van der Waals surface area contributed by atoms with Crippen LogP contribution in [0.3, 0.4) is 0 Å². The Hall–Kier alpha value is -3.00. The van der Waals surface area contributed by atoms with Crippen LogP contribution in [-0.4, -0.2) is 47.4 Å². The van der Waals surface area contributed by atoms with E-state index >= 15 is 0 Å². The van der Waals surface area contributed by atoms with Gasteiger partial charge < -0.3 is 14.8 Å². The zero-order valence-electron chi connectivity index (χ0n) is 17.3. The van der Waals surface area contributed by atoms with Crippen LogP contribution in [0.1, 0.15) is 20.3 Å². The Morgan fingerprint density at radius 3 is 2.60 bits per heavy atom. The highest BCUT2D eigenvalue weighted by Crippen LogP contribution is 2.32. The molecule has 1 saturated heterocycles. The van der Waals surface area contributed by atoms with Crippen LogP contribution < -0.4 is 14.8 Å². The Labute approximate surface area is 180 Å². The van der Waals surface area contributed by atoms with Crippen LogP contribution in [0.5, 0.6) is 11.5 Å². The number of carbonyl (C=O) groups excluding carboxylic acids is 2. The maximum atomic E-state index is 12.8. The molecule has 1 aliphatic rings. The first kappa shape index (κ1) is 21.7. The Balaban J connectivity index is 1.67. The summed E-state index contributed by atoms with van der Waals surface area (Å²) in [6, 6.07) is 14.5. The number of amidine groups is 1. The number of amides is 2. The van der Waals surface area contributed by atoms with Crippen molar-refractivity contribution in [2.24, 2.45) is 4.99 Å². The summed E-state index contributed by atoms with van der Waals surface area (Å²) in [5.41, 5.74) is 1.36. The summed E-state index contributed by atoms with van der Waals surface area (Å²) >= 11 is 1.32. The molecule has 1 heterocycles. The summed E-state index contributed by atoms with van der Waals surface area (Å²) in [7, 11) is 1.61. The number of hydrogen-bond donors (Lipinski definition) is 1. The summed E-state index contributed by atoms with van der Waals surface area (Å²) in [4.78, 5) is 31.5. The largest absolute Gasteiger partial charge is 0.497 e. The number of thioether (sulfide) groups is 1. The number of aliphatic imine (C=N–C) groups is 1. The van der Waals surface area contributed by atoms with Gasteiger partial charge >= 0.3 is 0 Å². The van der Waals surface area contributed by atoms with E-state index in [9.17, 15) is 9.59 Å². The Bertz CT molecular complexity index is 930. The number of hydrogen-bond acceptors (Lipinski definition) is 6. The molecule has 3 rings (SSSR count). The van der Waals surface area contributed by atoms with Gasteiger partial charge in [-0.2, -0.15) is 0 Å². The van der Waals surface area contributed by atoms with E-state index in [4.69, 9.17) is 9.47 Å². The van der Waals surface area contributed by atoms with E-state index in [-0.39, 0.29) is 18.2 Å². The van der Waals surface area contributed by atoms with Crippen molar-refractivity contribution in [3.63, 3.8) is 0 Å². The van der Waals surface area contributed by atoms with E-state index in [2.05, 4.69) is 10.3 Å². The lowest BCUT2D eigenvalue weighted by Crippen LogP contribution is -2.33. The fraction of sp³-hybridized carbons (Fsp3) is 0.318. The van der Waals surface area contributed by atoms with E-state index < -0.39 is 5.25 Å². The molecule has 1 atom stereocenters. The molecule has 30 heavy (non-hydrogen) atoms. The topological polar surface area (TPSA) is 80.2 Å². The third-order valence-corrected chi connectivity index (χ3v) is 5.61. The zero-order valence-corrected chi connectivity index (χ0v) is 18.1. The monoisotopic (exact) mass is 427 g/mol. The summed E-state index contributed by atoms with van der Waals surface area (Å²) in [5, 5.41) is 2.94. The van der Waals surface area contributed by atoms with Crippen molar-refractivity contribution in [3.05, 3.63) is 48.5 Å². The van der Waals surface area contributed by atoms with E-state index in [0.29, 0.717) is 29.8 Å². The van der Waals surface area contributed by atoms with Crippen molar-refractivity contribution in [1.29, 1.82) is 0 Å². The Morgan fingerprint density at radius 1 is 1.17 bits per heavy atom. The molecule has 0 spiro atoms. The molecule has 0 saturated carbocycles. The Morgan fingerprint density at radius 2 is 1.93 bits per heavy atom. The maximum Gasteiger partial charge on any atom is 0.242 e. The number of carbonyl (C=O) groups is 2. The first-order valence-corrected chi connectivity index (χ1v) is 10.7. The molecule has 1 N–H and O–H groups in total. The van der Waals surface area contributed by atoms with Crippen LogP contribution in [0.4, 0.5) is 11.4 Å². The molecule has 0 bridgehead atoms. The van der Waals surface area contributed by atoms with Crippen LogP contribution in [0.15, 0.2) is 53.5 Å². The second-order valence-electron chi connectivity index (χ2n) is 6.49. The number of rotatable bonds is 8. The minimum Gasteiger partial charge on any atom is -0.497 e. The molecule has 0 radical (unpaired) electrons. The van der Waals surface area contributed by atoms with Crippen LogP contribution in [0, 0.1) is 0 Å². The standard InChI is InChI=1S/C22H25N3O4S/c1-4-25-21(27)19(30-22(25)24-15-9-11-17(28-3)12-10-15)14-20(26)23-16-7-6-8-18(13-16)29-5-2/h6-13,19H,4-5,14H2,1-3H3,(H,23,26)/t19-/m0/s1. The molecule has 0 aliphatic carbocycles. The van der Waals surface area contributed by atoms with Gasteiger partial charge in [0.15, 0.2) is 5.17 Å². The fourth-order valence-electron chi connectivity index (χ4n) is 2.99. The minimum atomic E-state index is -0.503. The number of methoxy groups -OCH3 is 1. The summed E-state index contributed by atoms with van der Waals surface area (Å²) < 4.78 is 10.6. The third-order valence-electron chi connectivity index (χ3n) is 4.43. The summed E-state index contributed by atoms with van der Waals surface area (Å²) in [6.07, 6.45) is 0.0699. The van der Waals surface area contributed by atoms with Crippen LogP contribution >= 0.6 is 11.8 Å². The second kappa shape index (κ2) is 10.2. The quantitative estimate of drug-likeness (QED) is 0.687. The first-order valence-electron chi connectivity index (χ1n) is 9.77. The predicted octanol–water partition coefficient (Wildman–Crippen LogP) is 4.07. The second-order valence-corrected chi connectivity index (χ2v) is 7.66. The van der Waals surface area contributed by atoms with Gasteiger partial charge in [0.05, 0.1) is 19.4 Å². The van der Waals surface area contributed by atoms with E-state index in [0.717, 1.165) is 11.4 Å². The SMILES string of the molecule is CCOc1cccc(NC(=O)C[C@@H]2SC(=Nc3ccc(OC)cc3)N(CC)C2=O)c1. The lowest BCUT2D eigenvalue weighted by Gasteiger charge is -2.13. The molecule has 8 heteroatoms. The summed E-state index contributed by atoms with van der Waals surface area (Å²) in [5.74, 6) is 1.10. The normalized spacial score (nSPS) is 17.3. The predicted molar refractivity (Wildman–Crippen MR) is 120 cm³/mol. The highest BCUT2D eigenvalue weighted by molar-refractivity contribution is 8.15. The van der Waals surface area contributed by atoms with Gasteiger partial charge in [0, 0.05) is 24.7 Å². The fourth-order valence-corrected chi connectivity index (χ4v) is 4.22. The van der Waals surface area contributed by atoms with Gasteiger partial charge in [-0.25, -0.2) is 4.99 Å². The van der Waals surface area contributed by atoms with Crippen molar-refractivity contribution < 1.29 is 19.1 Å². The molecule has 1 fully saturated rings. The van der Waals surface area contributed by atoms with Gasteiger partial charge in [0.2, 0.25) is 11.8 Å². The maximum absolute atomic E-state index is 12.8. The van der Waals surface area contributed by atoms with E-state index in [1.54, 1.807) is 24.1 Å². The van der Waals surface area contributed by atoms with Gasteiger partial charge in [0.1, 0.15) is 16.7 Å². The zero-order chi connectivity index (χ0) is 21.5. The van der Waals surface area contributed by atoms with Crippen molar-refractivity contribution >= 4 is 40.1 Å². The van der Waals surface area contributed by atoms with Crippen molar-refractivity contribution in [2.45, 2.75) is 25.5 Å². The molecular weight excluding hydrogens is 402 g/mol. The molecule has 1 aliphatic heterocycles. The highest BCUT2D eigenvalue weighted by atomic mass is 32.2. The minimum absolute atomic E-state index is 0.0699. The van der Waals surface area contributed by atoms with Crippen molar-refractivity contribution in [1.82, 2.24) is 4.90 Å². The average molecular weight is 428 g/mol. The molecular formula is C22H25N3O4S. The van der Waals surface area contributed by atoms with Crippen molar-refractivity contribution in [2.75, 3.05) is 25.6 Å². The van der Waals surface area contributed by atoms with Crippen molar-refractivity contribution in [3.8, 4) is 11.5 Å². The van der Waals surface area contributed by atoms with Gasteiger partial charge in [-0.3, -0.25) is 14.5 Å². The van der Waals surface area contributed by atoms with Crippen LogP contribution in [0.2, 0.25) is 0 Å². The van der Waals surface area contributed by atoms with E-state index in [1.807, 2.05) is 50.2 Å². The smallest absolute Gasteiger partial charge is 0.242 e. The number of benzene rings is 2. The molecule has 0 unspecified atom stereocenters. The van der Waals surface area contributed by atoms with Gasteiger partial charge in [-0.15, -0.1) is 0 Å². The van der Waals surface area contributed by atoms with Gasteiger partial charge in [0.25, 0.3) is 0 Å². The van der Waals surface area contributed by atoms with Gasteiger partial charge in [-0.1, -0.05) is 17.8 Å². The highest BCUT2D eigenvalue weighted by Gasteiger charge is 2.38. The third kappa shape index (κ3) is 5.33. The Kier molecular flexibility index (Phi) is 7.35.